The van der Waals surface area contributed by atoms with E-state index in [0.717, 1.165) is 43.3 Å². The number of carbonyl (C=O) groups is 3. The van der Waals surface area contributed by atoms with Crippen molar-refractivity contribution in [2.24, 2.45) is 0 Å². The number of rotatable bonds is 11. The maximum Gasteiger partial charge on any atom is 0.255 e. The Kier molecular flexibility index (Phi) is 8.60. The third-order valence-electron chi connectivity index (χ3n) is 8.12. The van der Waals surface area contributed by atoms with Crippen molar-refractivity contribution in [3.05, 3.63) is 95.9 Å². The maximum absolute atomic E-state index is 13.6. The molecule has 1 atom stereocenters. The van der Waals surface area contributed by atoms with Crippen molar-refractivity contribution in [2.75, 3.05) is 31.7 Å². The number of benzene rings is 3. The summed E-state index contributed by atoms with van der Waals surface area (Å²) in [6.07, 6.45) is 2.31. The van der Waals surface area contributed by atoms with E-state index in [1.54, 1.807) is 24.4 Å². The quantitative estimate of drug-likeness (QED) is 0.143. The van der Waals surface area contributed by atoms with Crippen LogP contribution in [0.5, 0.6) is 5.75 Å². The van der Waals surface area contributed by atoms with Crippen molar-refractivity contribution in [3.63, 3.8) is 0 Å². The van der Waals surface area contributed by atoms with Gasteiger partial charge in [-0.3, -0.25) is 19.7 Å². The highest BCUT2D eigenvalue weighted by atomic mass is 32.1. The van der Waals surface area contributed by atoms with Crippen molar-refractivity contribution < 1.29 is 28.2 Å². The van der Waals surface area contributed by atoms with Gasteiger partial charge in [0.15, 0.2) is 0 Å². The minimum atomic E-state index is -0.644. The fourth-order valence-electron chi connectivity index (χ4n) is 5.75. The number of piperidine rings is 1. The van der Waals surface area contributed by atoms with E-state index in [4.69, 9.17) is 9.47 Å². The molecule has 5 aromatic rings. The van der Waals surface area contributed by atoms with E-state index in [1.807, 2.05) is 42.5 Å². The third kappa shape index (κ3) is 6.69. The lowest BCUT2D eigenvalue weighted by atomic mass is 10.0. The van der Waals surface area contributed by atoms with E-state index in [1.165, 1.54) is 28.4 Å². The molecular formula is C35H30FN5O5S. The number of carbonyl (C=O) groups excluding carboxylic acids is 3. The summed E-state index contributed by atoms with van der Waals surface area (Å²) in [5.74, 6) is 0.140. The molecule has 47 heavy (non-hydrogen) atoms. The van der Waals surface area contributed by atoms with E-state index in [-0.39, 0.29) is 24.1 Å². The van der Waals surface area contributed by atoms with Gasteiger partial charge in [0.05, 0.1) is 23.4 Å². The first-order valence-corrected chi connectivity index (χ1v) is 16.1. The minimum absolute atomic E-state index is 0.213. The smallest absolute Gasteiger partial charge is 0.255 e. The van der Waals surface area contributed by atoms with E-state index < -0.39 is 11.9 Å². The van der Waals surface area contributed by atoms with Gasteiger partial charge in [-0.25, -0.2) is 14.4 Å². The summed E-state index contributed by atoms with van der Waals surface area (Å²) in [4.78, 5) is 47.2. The zero-order valence-electron chi connectivity index (χ0n) is 25.2. The van der Waals surface area contributed by atoms with Crippen LogP contribution in [0, 0.1) is 5.82 Å². The number of ether oxygens (including phenoxy) is 2. The fourth-order valence-corrected chi connectivity index (χ4v) is 6.74. The van der Waals surface area contributed by atoms with Crippen LogP contribution in [-0.2, 0) is 20.9 Å². The van der Waals surface area contributed by atoms with Gasteiger partial charge in [0.25, 0.3) is 5.91 Å². The molecule has 2 aliphatic heterocycles. The molecule has 1 saturated heterocycles. The summed E-state index contributed by atoms with van der Waals surface area (Å²) in [6.45, 7) is 2.03. The normalized spacial score (nSPS) is 16.0. The second-order valence-corrected chi connectivity index (χ2v) is 12.3. The van der Waals surface area contributed by atoms with Gasteiger partial charge < -0.3 is 19.7 Å². The average Bonchev–Trinajstić information content (AvgIpc) is 3.64. The van der Waals surface area contributed by atoms with Crippen LogP contribution >= 0.6 is 11.3 Å². The van der Waals surface area contributed by atoms with Crippen LogP contribution in [0.15, 0.2) is 79.0 Å². The summed E-state index contributed by atoms with van der Waals surface area (Å²) in [7, 11) is 0. The molecule has 7 rings (SSSR count). The van der Waals surface area contributed by atoms with Crippen LogP contribution in [-0.4, -0.2) is 65.0 Å². The Labute approximate surface area is 273 Å². The first-order valence-electron chi connectivity index (χ1n) is 15.3. The number of fused-ring (bicyclic) bond motifs is 2. The summed E-state index contributed by atoms with van der Waals surface area (Å²) in [5, 5.41) is 6.45. The zero-order chi connectivity index (χ0) is 32.3. The highest BCUT2D eigenvalue weighted by molar-refractivity contribution is 7.21. The van der Waals surface area contributed by atoms with Crippen LogP contribution in [0.2, 0.25) is 0 Å². The number of halogens is 1. The van der Waals surface area contributed by atoms with Gasteiger partial charge >= 0.3 is 0 Å². The molecule has 0 bridgehead atoms. The van der Waals surface area contributed by atoms with Crippen LogP contribution in [0.25, 0.3) is 31.9 Å². The molecule has 0 saturated carbocycles. The number of nitrogens with one attached hydrogen (secondary N) is 2. The number of hydrogen-bond acceptors (Lipinski definition) is 9. The summed E-state index contributed by atoms with van der Waals surface area (Å²) in [6, 6.07) is 21.3. The maximum atomic E-state index is 13.6. The molecule has 3 aromatic carbocycles. The Bertz CT molecular complexity index is 1980. The van der Waals surface area contributed by atoms with Crippen molar-refractivity contribution in [1.82, 2.24) is 20.2 Å². The third-order valence-corrected chi connectivity index (χ3v) is 9.19. The standard InChI is InChI=1S/C35H30FN5O5S/c36-25-5-8-28-30(19-25)47-34(39-28)22-3-1-21(2-4-22)23-11-12-37-31(18-23)38-13-14-45-15-16-46-26-6-7-27-24(17-26)20-41(35(27)44)29-9-10-32(42)40-33(29)43/h1-8,11-12,17-19,29H,9-10,13-16,20H2,(H,37,38)(H,40,42,43). The lowest BCUT2D eigenvalue weighted by molar-refractivity contribution is -0.136. The molecule has 1 fully saturated rings. The summed E-state index contributed by atoms with van der Waals surface area (Å²) in [5.41, 5.74) is 5.16. The molecule has 2 N–H and O–H groups in total. The zero-order valence-corrected chi connectivity index (χ0v) is 26.0. The monoisotopic (exact) mass is 651 g/mol. The van der Waals surface area contributed by atoms with Gasteiger partial charge in [0, 0.05) is 36.8 Å². The summed E-state index contributed by atoms with van der Waals surface area (Å²) >= 11 is 1.47. The first-order chi connectivity index (χ1) is 22.9. The molecule has 0 spiro atoms. The van der Waals surface area contributed by atoms with E-state index in [0.29, 0.717) is 50.6 Å². The van der Waals surface area contributed by atoms with Crippen molar-refractivity contribution in [3.8, 4) is 27.4 Å². The highest BCUT2D eigenvalue weighted by Gasteiger charge is 2.39. The number of amides is 3. The van der Waals surface area contributed by atoms with Crippen molar-refractivity contribution >= 4 is 45.1 Å². The lowest BCUT2D eigenvalue weighted by Gasteiger charge is -2.29. The largest absolute Gasteiger partial charge is 0.491 e. The number of imide groups is 1. The van der Waals surface area contributed by atoms with Crippen LogP contribution in [0.3, 0.4) is 0 Å². The Balaban J connectivity index is 0.851. The van der Waals surface area contributed by atoms with Gasteiger partial charge in [0.2, 0.25) is 11.8 Å². The molecule has 0 radical (unpaired) electrons. The van der Waals surface area contributed by atoms with Crippen molar-refractivity contribution in [2.45, 2.75) is 25.4 Å². The number of hydrogen-bond donors (Lipinski definition) is 2. The second-order valence-electron chi connectivity index (χ2n) is 11.2. The Hall–Kier alpha value is -5.20. The summed E-state index contributed by atoms with van der Waals surface area (Å²) < 4.78 is 26.0. The Morgan fingerprint density at radius 3 is 2.64 bits per heavy atom. The molecule has 2 aliphatic rings. The number of nitrogens with zero attached hydrogens (tertiary/aromatic N) is 3. The molecule has 4 heterocycles. The molecule has 12 heteroatoms. The topological polar surface area (TPSA) is 123 Å². The van der Waals surface area contributed by atoms with Gasteiger partial charge in [0.1, 0.15) is 35.0 Å². The molecule has 2 aromatic heterocycles. The van der Waals surface area contributed by atoms with Crippen LogP contribution in [0.1, 0.15) is 28.8 Å². The molecule has 10 nitrogen and oxygen atoms in total. The minimum Gasteiger partial charge on any atom is -0.491 e. The first kappa shape index (κ1) is 30.5. The van der Waals surface area contributed by atoms with Crippen LogP contribution in [0.4, 0.5) is 10.2 Å². The Morgan fingerprint density at radius 1 is 0.936 bits per heavy atom. The van der Waals surface area contributed by atoms with Gasteiger partial charge in [-0.2, -0.15) is 0 Å². The van der Waals surface area contributed by atoms with Crippen LogP contribution < -0.4 is 15.4 Å². The average molecular weight is 652 g/mol. The molecule has 1 unspecified atom stereocenters. The SMILES string of the molecule is O=C1CCC(N2Cc3cc(OCCOCCNc4cc(-c5ccc(-c6nc7ccc(F)cc7s6)cc5)ccn4)ccc3C2=O)C(=O)N1. The number of anilines is 1. The molecule has 3 amide bonds. The highest BCUT2D eigenvalue weighted by Crippen LogP contribution is 2.33. The lowest BCUT2D eigenvalue weighted by Crippen LogP contribution is -2.52. The van der Waals surface area contributed by atoms with Gasteiger partial charge in [-0.1, -0.05) is 24.3 Å². The number of pyridine rings is 1. The number of aromatic nitrogens is 2. The molecule has 238 valence electrons. The predicted octanol–water partition coefficient (Wildman–Crippen LogP) is 5.43. The van der Waals surface area contributed by atoms with Gasteiger partial charge in [-0.15, -0.1) is 11.3 Å². The van der Waals surface area contributed by atoms with E-state index in [2.05, 4.69) is 20.6 Å². The fraction of sp³-hybridized carbons (Fsp3) is 0.229. The van der Waals surface area contributed by atoms with E-state index in [9.17, 15) is 18.8 Å². The molecular weight excluding hydrogens is 621 g/mol. The van der Waals surface area contributed by atoms with Crippen molar-refractivity contribution in [1.29, 1.82) is 0 Å². The Morgan fingerprint density at radius 2 is 1.79 bits per heavy atom. The predicted molar refractivity (Wildman–Crippen MR) is 176 cm³/mol. The second kappa shape index (κ2) is 13.3. The van der Waals surface area contributed by atoms with E-state index >= 15 is 0 Å². The molecule has 0 aliphatic carbocycles. The van der Waals surface area contributed by atoms with Gasteiger partial charge in [-0.05, 0) is 71.6 Å². The number of thiazole rings is 1.